The summed E-state index contributed by atoms with van der Waals surface area (Å²) in [6.45, 7) is 7.31. The first-order valence-electron chi connectivity index (χ1n) is 7.71. The third-order valence-corrected chi connectivity index (χ3v) is 3.91. The molecule has 2 rings (SSSR count). The fourth-order valence-electron chi connectivity index (χ4n) is 2.40. The zero-order valence-corrected chi connectivity index (χ0v) is 13.9. The van der Waals surface area contributed by atoms with E-state index in [-0.39, 0.29) is 0 Å². The van der Waals surface area contributed by atoms with E-state index in [0.29, 0.717) is 6.04 Å². The number of hydrogen-bond donors (Lipinski definition) is 1. The Morgan fingerprint density at radius 3 is 2.52 bits per heavy atom. The molecule has 0 aliphatic carbocycles. The summed E-state index contributed by atoms with van der Waals surface area (Å²) >= 11 is 6.31. The fraction of sp³-hybridized carbons (Fsp3) is 0.368. The van der Waals surface area contributed by atoms with Gasteiger partial charge in [0.1, 0.15) is 0 Å². The topological polar surface area (TPSA) is 12.0 Å². The molecule has 21 heavy (non-hydrogen) atoms. The predicted octanol–water partition coefficient (Wildman–Crippen LogP) is 5.46. The Morgan fingerprint density at radius 1 is 1.05 bits per heavy atom. The molecule has 2 heteroatoms. The van der Waals surface area contributed by atoms with Gasteiger partial charge in [0, 0.05) is 17.6 Å². The van der Waals surface area contributed by atoms with Gasteiger partial charge in [0.15, 0.2) is 0 Å². The maximum Gasteiger partial charge on any atom is 0.0451 e. The van der Waals surface area contributed by atoms with Crippen LogP contribution in [0.2, 0.25) is 5.02 Å². The zero-order valence-electron chi connectivity index (χ0n) is 13.1. The quantitative estimate of drug-likeness (QED) is 0.747. The van der Waals surface area contributed by atoms with Crippen molar-refractivity contribution in [3.8, 4) is 11.1 Å². The van der Waals surface area contributed by atoms with Crippen LogP contribution in [0.15, 0.2) is 42.5 Å². The normalized spacial score (nSPS) is 11.1. The monoisotopic (exact) mass is 301 g/mol. The van der Waals surface area contributed by atoms with Crippen LogP contribution in [0, 0.1) is 0 Å². The molecule has 0 unspecified atom stereocenters. The van der Waals surface area contributed by atoms with Crippen LogP contribution in [-0.4, -0.2) is 6.04 Å². The highest BCUT2D eigenvalue weighted by Crippen LogP contribution is 2.26. The molecule has 0 fully saturated rings. The summed E-state index contributed by atoms with van der Waals surface area (Å²) in [5, 5.41) is 4.26. The maximum absolute atomic E-state index is 6.31. The summed E-state index contributed by atoms with van der Waals surface area (Å²) < 4.78 is 0. The van der Waals surface area contributed by atoms with Gasteiger partial charge in [0.05, 0.1) is 0 Å². The minimum absolute atomic E-state index is 0.456. The highest BCUT2D eigenvalue weighted by molar-refractivity contribution is 6.31. The SMILES string of the molecule is CCCc1cccc(-c2ccc(Cl)c(CNC(C)C)c2)c1. The number of rotatable bonds is 6. The molecule has 0 aliphatic rings. The predicted molar refractivity (Wildman–Crippen MR) is 92.9 cm³/mol. The second kappa shape index (κ2) is 7.63. The molecule has 112 valence electrons. The molecule has 0 radical (unpaired) electrons. The summed E-state index contributed by atoms with van der Waals surface area (Å²) in [5.41, 5.74) is 5.05. The van der Waals surface area contributed by atoms with Crippen LogP contribution in [0.1, 0.15) is 38.3 Å². The van der Waals surface area contributed by atoms with Crippen molar-refractivity contribution in [1.29, 1.82) is 0 Å². The Hall–Kier alpha value is -1.31. The fourth-order valence-corrected chi connectivity index (χ4v) is 2.58. The first-order valence-corrected chi connectivity index (χ1v) is 8.09. The highest BCUT2D eigenvalue weighted by atomic mass is 35.5. The van der Waals surface area contributed by atoms with Gasteiger partial charge in [0.2, 0.25) is 0 Å². The summed E-state index contributed by atoms with van der Waals surface area (Å²) in [6, 6.07) is 15.5. The van der Waals surface area contributed by atoms with E-state index in [0.717, 1.165) is 23.6 Å². The molecule has 0 spiro atoms. The lowest BCUT2D eigenvalue weighted by Gasteiger charge is -2.12. The Kier molecular flexibility index (Phi) is 5.84. The van der Waals surface area contributed by atoms with Gasteiger partial charge < -0.3 is 5.32 Å². The molecular weight excluding hydrogens is 278 g/mol. The number of halogens is 1. The Labute approximate surface area is 133 Å². The minimum Gasteiger partial charge on any atom is -0.310 e. The van der Waals surface area contributed by atoms with E-state index in [1.165, 1.54) is 23.1 Å². The summed E-state index contributed by atoms with van der Waals surface area (Å²) in [7, 11) is 0. The lowest BCUT2D eigenvalue weighted by atomic mass is 9.99. The van der Waals surface area contributed by atoms with Crippen LogP contribution in [0.4, 0.5) is 0 Å². The number of nitrogens with one attached hydrogen (secondary N) is 1. The van der Waals surface area contributed by atoms with Crippen molar-refractivity contribution < 1.29 is 0 Å². The first kappa shape index (κ1) is 16.1. The van der Waals surface area contributed by atoms with Gasteiger partial charge in [-0.3, -0.25) is 0 Å². The van der Waals surface area contributed by atoms with E-state index < -0.39 is 0 Å². The van der Waals surface area contributed by atoms with Gasteiger partial charge in [0.25, 0.3) is 0 Å². The molecule has 2 aromatic carbocycles. The van der Waals surface area contributed by atoms with Crippen LogP contribution in [0.3, 0.4) is 0 Å². The number of aryl methyl sites for hydroxylation is 1. The summed E-state index contributed by atoms with van der Waals surface area (Å²) in [5.74, 6) is 0. The minimum atomic E-state index is 0.456. The van der Waals surface area contributed by atoms with Crippen molar-refractivity contribution in [2.75, 3.05) is 0 Å². The Bertz CT molecular complexity index is 590. The third kappa shape index (κ3) is 4.59. The van der Waals surface area contributed by atoms with Crippen molar-refractivity contribution in [2.24, 2.45) is 0 Å². The number of benzene rings is 2. The molecule has 0 heterocycles. The molecule has 0 saturated heterocycles. The van der Waals surface area contributed by atoms with E-state index in [2.05, 4.69) is 62.5 Å². The molecule has 0 bridgehead atoms. The van der Waals surface area contributed by atoms with Crippen molar-refractivity contribution in [3.63, 3.8) is 0 Å². The Balaban J connectivity index is 2.27. The molecule has 0 atom stereocenters. The van der Waals surface area contributed by atoms with E-state index >= 15 is 0 Å². The summed E-state index contributed by atoms with van der Waals surface area (Å²) in [6.07, 6.45) is 2.30. The highest BCUT2D eigenvalue weighted by Gasteiger charge is 2.05. The van der Waals surface area contributed by atoms with Gasteiger partial charge in [-0.05, 0) is 40.8 Å². The lowest BCUT2D eigenvalue weighted by Crippen LogP contribution is -2.21. The molecule has 1 nitrogen and oxygen atoms in total. The van der Waals surface area contributed by atoms with Crippen molar-refractivity contribution in [3.05, 3.63) is 58.6 Å². The molecule has 1 N–H and O–H groups in total. The lowest BCUT2D eigenvalue weighted by molar-refractivity contribution is 0.589. The van der Waals surface area contributed by atoms with Crippen LogP contribution >= 0.6 is 11.6 Å². The molecule has 2 aromatic rings. The standard InChI is InChI=1S/C19H24ClN/c1-4-6-15-7-5-8-16(11-15)17-9-10-19(20)18(12-17)13-21-14(2)3/h5,7-12,14,21H,4,6,13H2,1-3H3. The van der Waals surface area contributed by atoms with E-state index in [9.17, 15) is 0 Å². The molecule has 0 aliphatic heterocycles. The van der Waals surface area contributed by atoms with Crippen LogP contribution in [-0.2, 0) is 13.0 Å². The van der Waals surface area contributed by atoms with Crippen molar-refractivity contribution >= 4 is 11.6 Å². The van der Waals surface area contributed by atoms with Gasteiger partial charge >= 0.3 is 0 Å². The molecule has 0 amide bonds. The summed E-state index contributed by atoms with van der Waals surface area (Å²) in [4.78, 5) is 0. The molecular formula is C19H24ClN. The van der Waals surface area contributed by atoms with Crippen molar-refractivity contribution in [1.82, 2.24) is 5.32 Å². The number of hydrogen-bond acceptors (Lipinski definition) is 1. The van der Waals surface area contributed by atoms with Gasteiger partial charge in [-0.15, -0.1) is 0 Å². The smallest absolute Gasteiger partial charge is 0.0451 e. The van der Waals surface area contributed by atoms with E-state index in [1.807, 2.05) is 6.07 Å². The van der Waals surface area contributed by atoms with Crippen LogP contribution in [0.25, 0.3) is 11.1 Å². The maximum atomic E-state index is 6.31. The first-order chi connectivity index (χ1) is 10.1. The van der Waals surface area contributed by atoms with Gasteiger partial charge in [-0.25, -0.2) is 0 Å². The van der Waals surface area contributed by atoms with Crippen LogP contribution < -0.4 is 5.32 Å². The second-order valence-electron chi connectivity index (χ2n) is 5.79. The second-order valence-corrected chi connectivity index (χ2v) is 6.20. The van der Waals surface area contributed by atoms with Crippen molar-refractivity contribution in [2.45, 2.75) is 46.2 Å². The average molecular weight is 302 g/mol. The average Bonchev–Trinajstić information content (AvgIpc) is 2.47. The largest absolute Gasteiger partial charge is 0.310 e. The van der Waals surface area contributed by atoms with Gasteiger partial charge in [-0.2, -0.15) is 0 Å². The Morgan fingerprint density at radius 2 is 1.81 bits per heavy atom. The third-order valence-electron chi connectivity index (χ3n) is 3.55. The van der Waals surface area contributed by atoms with Crippen LogP contribution in [0.5, 0.6) is 0 Å². The molecule has 0 saturated carbocycles. The molecule has 0 aromatic heterocycles. The zero-order chi connectivity index (χ0) is 15.2. The van der Waals surface area contributed by atoms with E-state index in [1.54, 1.807) is 0 Å². The van der Waals surface area contributed by atoms with E-state index in [4.69, 9.17) is 11.6 Å². The van der Waals surface area contributed by atoms with Gasteiger partial charge in [-0.1, -0.05) is 69.1 Å².